The summed E-state index contributed by atoms with van der Waals surface area (Å²) >= 11 is 5.22. The van der Waals surface area contributed by atoms with Crippen LogP contribution in [0, 0.1) is 14.9 Å². The van der Waals surface area contributed by atoms with E-state index in [4.69, 9.17) is 17.0 Å². The second kappa shape index (κ2) is 7.70. The molecule has 9 heteroatoms. The summed E-state index contributed by atoms with van der Waals surface area (Å²) in [6.45, 7) is 2.45. The van der Waals surface area contributed by atoms with Gasteiger partial charge in [-0.05, 0) is 37.3 Å². The Morgan fingerprint density at radius 1 is 1.35 bits per heavy atom. The second-order valence-corrected chi connectivity index (χ2v) is 5.57. The lowest BCUT2D eigenvalue weighted by Crippen LogP contribution is -1.98. The minimum atomic E-state index is -0.456. The summed E-state index contributed by atoms with van der Waals surface area (Å²) in [6, 6.07) is 13.7. The zero-order valence-corrected chi connectivity index (χ0v) is 14.6. The molecular formula is C17H15N5O3S. The van der Waals surface area contributed by atoms with Crippen molar-refractivity contribution in [3.8, 4) is 17.1 Å². The summed E-state index contributed by atoms with van der Waals surface area (Å²) in [7, 11) is 0. The average molecular weight is 369 g/mol. The number of hydrogen-bond acceptors (Lipinski definition) is 6. The minimum Gasteiger partial charge on any atom is -0.494 e. The van der Waals surface area contributed by atoms with Crippen molar-refractivity contribution < 1.29 is 9.66 Å². The van der Waals surface area contributed by atoms with Gasteiger partial charge in [0.25, 0.3) is 5.69 Å². The molecule has 3 rings (SSSR count). The minimum absolute atomic E-state index is 0.0360. The summed E-state index contributed by atoms with van der Waals surface area (Å²) in [5, 5.41) is 22.3. The maximum atomic E-state index is 11.1. The van der Waals surface area contributed by atoms with Gasteiger partial charge in [0, 0.05) is 11.6 Å². The van der Waals surface area contributed by atoms with Crippen molar-refractivity contribution in [1.29, 1.82) is 0 Å². The van der Waals surface area contributed by atoms with Gasteiger partial charge in [-0.15, -0.1) is 0 Å². The number of hydrogen-bond donors (Lipinski definition) is 1. The van der Waals surface area contributed by atoms with Gasteiger partial charge in [0.15, 0.2) is 5.82 Å². The summed E-state index contributed by atoms with van der Waals surface area (Å²) in [6.07, 6.45) is 1.39. The number of nitrogens with zero attached hydrogens (tertiary/aromatic N) is 4. The molecule has 0 saturated heterocycles. The first kappa shape index (κ1) is 17.5. The van der Waals surface area contributed by atoms with Crippen molar-refractivity contribution in [2.45, 2.75) is 6.92 Å². The highest BCUT2D eigenvalue weighted by molar-refractivity contribution is 7.71. The van der Waals surface area contributed by atoms with Gasteiger partial charge >= 0.3 is 0 Å². The second-order valence-electron chi connectivity index (χ2n) is 5.19. The molecule has 2 aromatic carbocycles. The molecule has 1 heterocycles. The fourth-order valence-electron chi connectivity index (χ4n) is 2.36. The SMILES string of the molecule is CCOc1cccc(-c2n[nH]c(=S)n2/N=C\c2ccccc2[N+](=O)[O-])c1. The van der Waals surface area contributed by atoms with Gasteiger partial charge in [0.1, 0.15) is 5.75 Å². The number of H-pyrrole nitrogens is 1. The molecule has 0 aliphatic carbocycles. The first-order chi connectivity index (χ1) is 12.6. The Balaban J connectivity index is 2.01. The molecule has 8 nitrogen and oxygen atoms in total. The molecule has 0 aliphatic heterocycles. The zero-order chi connectivity index (χ0) is 18.5. The lowest BCUT2D eigenvalue weighted by Gasteiger charge is -2.05. The van der Waals surface area contributed by atoms with Crippen LogP contribution in [0.5, 0.6) is 5.75 Å². The van der Waals surface area contributed by atoms with E-state index in [-0.39, 0.29) is 10.5 Å². The molecule has 1 aromatic heterocycles. The van der Waals surface area contributed by atoms with Crippen LogP contribution in [-0.2, 0) is 0 Å². The number of benzene rings is 2. The predicted molar refractivity (Wildman–Crippen MR) is 100 cm³/mol. The topological polar surface area (TPSA) is 98.3 Å². The van der Waals surface area contributed by atoms with Crippen LogP contribution in [0.4, 0.5) is 5.69 Å². The molecule has 0 bridgehead atoms. The van der Waals surface area contributed by atoms with E-state index in [1.54, 1.807) is 18.2 Å². The van der Waals surface area contributed by atoms with Crippen molar-refractivity contribution in [2.24, 2.45) is 5.10 Å². The third kappa shape index (κ3) is 3.67. The summed E-state index contributed by atoms with van der Waals surface area (Å²) < 4.78 is 7.19. The summed E-state index contributed by atoms with van der Waals surface area (Å²) in [5.41, 5.74) is 1.09. The van der Waals surface area contributed by atoms with Gasteiger partial charge in [0.05, 0.1) is 23.3 Å². The highest BCUT2D eigenvalue weighted by atomic mass is 32.1. The Morgan fingerprint density at radius 2 is 2.15 bits per heavy atom. The molecule has 3 aromatic rings. The highest BCUT2D eigenvalue weighted by Crippen LogP contribution is 2.23. The molecule has 0 amide bonds. The van der Waals surface area contributed by atoms with Gasteiger partial charge in [-0.2, -0.15) is 14.9 Å². The van der Waals surface area contributed by atoms with Crippen molar-refractivity contribution in [3.05, 3.63) is 69.0 Å². The zero-order valence-electron chi connectivity index (χ0n) is 13.8. The number of nitro groups is 1. The Morgan fingerprint density at radius 3 is 2.92 bits per heavy atom. The fraction of sp³-hybridized carbons (Fsp3) is 0.118. The Labute approximate surface area is 153 Å². The summed E-state index contributed by atoms with van der Waals surface area (Å²) in [5.74, 6) is 1.18. The maximum Gasteiger partial charge on any atom is 0.278 e. The maximum absolute atomic E-state index is 11.1. The fourth-order valence-corrected chi connectivity index (χ4v) is 2.54. The lowest BCUT2D eigenvalue weighted by atomic mass is 10.2. The number of nitrogens with one attached hydrogen (secondary N) is 1. The number of rotatable bonds is 6. The largest absolute Gasteiger partial charge is 0.494 e. The third-order valence-corrected chi connectivity index (χ3v) is 3.76. The first-order valence-electron chi connectivity index (χ1n) is 7.78. The Hall–Kier alpha value is -3.33. The van der Waals surface area contributed by atoms with Gasteiger partial charge in [0.2, 0.25) is 4.77 Å². The van der Waals surface area contributed by atoms with E-state index in [1.165, 1.54) is 17.0 Å². The van der Waals surface area contributed by atoms with Crippen LogP contribution in [0.15, 0.2) is 53.6 Å². The Bertz CT molecular complexity index is 1020. The normalized spacial score (nSPS) is 11.0. The van der Waals surface area contributed by atoms with Crippen LogP contribution >= 0.6 is 12.2 Å². The van der Waals surface area contributed by atoms with Gasteiger partial charge < -0.3 is 4.74 Å². The molecule has 0 saturated carbocycles. The van der Waals surface area contributed by atoms with Crippen molar-refractivity contribution in [2.75, 3.05) is 6.61 Å². The van der Waals surface area contributed by atoms with Gasteiger partial charge in [-0.25, -0.2) is 5.10 Å². The van der Waals surface area contributed by atoms with E-state index in [1.807, 2.05) is 31.2 Å². The number of nitro benzene ring substituents is 1. The molecule has 0 atom stereocenters. The van der Waals surface area contributed by atoms with Crippen molar-refractivity contribution >= 4 is 24.1 Å². The van der Waals surface area contributed by atoms with E-state index in [9.17, 15) is 10.1 Å². The highest BCUT2D eigenvalue weighted by Gasteiger charge is 2.12. The number of aromatic amines is 1. The molecule has 0 spiro atoms. The smallest absolute Gasteiger partial charge is 0.278 e. The number of para-hydroxylation sites is 1. The van der Waals surface area contributed by atoms with Gasteiger partial charge in [-0.3, -0.25) is 10.1 Å². The van der Waals surface area contributed by atoms with E-state index < -0.39 is 4.92 Å². The van der Waals surface area contributed by atoms with E-state index in [0.717, 1.165) is 5.56 Å². The third-order valence-electron chi connectivity index (χ3n) is 3.50. The molecule has 0 fully saturated rings. The predicted octanol–water partition coefficient (Wildman–Crippen LogP) is 3.80. The summed E-state index contributed by atoms with van der Waals surface area (Å²) in [4.78, 5) is 10.7. The average Bonchev–Trinajstić information content (AvgIpc) is 3.01. The molecule has 0 radical (unpaired) electrons. The van der Waals surface area contributed by atoms with Crippen LogP contribution in [0.25, 0.3) is 11.4 Å². The molecule has 26 heavy (non-hydrogen) atoms. The molecule has 132 valence electrons. The van der Waals surface area contributed by atoms with E-state index in [0.29, 0.717) is 23.7 Å². The van der Waals surface area contributed by atoms with Crippen LogP contribution in [-0.4, -0.2) is 32.6 Å². The van der Waals surface area contributed by atoms with E-state index in [2.05, 4.69) is 15.3 Å². The monoisotopic (exact) mass is 369 g/mol. The van der Waals surface area contributed by atoms with Crippen molar-refractivity contribution in [3.63, 3.8) is 0 Å². The quantitative estimate of drug-likeness (QED) is 0.308. The lowest BCUT2D eigenvalue weighted by molar-refractivity contribution is -0.385. The van der Waals surface area contributed by atoms with Crippen molar-refractivity contribution in [1.82, 2.24) is 14.9 Å². The van der Waals surface area contributed by atoms with Crippen LogP contribution < -0.4 is 4.74 Å². The molecular weight excluding hydrogens is 354 g/mol. The molecule has 0 aliphatic rings. The first-order valence-corrected chi connectivity index (χ1v) is 8.19. The van der Waals surface area contributed by atoms with Crippen LogP contribution in [0.1, 0.15) is 12.5 Å². The van der Waals surface area contributed by atoms with E-state index >= 15 is 0 Å². The molecule has 1 N–H and O–H groups in total. The van der Waals surface area contributed by atoms with Crippen LogP contribution in [0.2, 0.25) is 0 Å². The number of aromatic nitrogens is 3. The number of ether oxygens (including phenoxy) is 1. The standard InChI is InChI=1S/C17H15N5O3S/c1-2-25-14-8-5-7-12(10-14)16-19-20-17(26)21(16)18-11-13-6-3-4-9-15(13)22(23)24/h3-11H,2H2,1H3,(H,20,26)/b18-11-. The van der Waals surface area contributed by atoms with Gasteiger partial charge in [-0.1, -0.05) is 24.3 Å². The van der Waals surface area contributed by atoms with Crippen LogP contribution in [0.3, 0.4) is 0 Å². The Kier molecular flexibility index (Phi) is 5.18. The molecule has 0 unspecified atom stereocenters.